The van der Waals surface area contributed by atoms with Gasteiger partial charge in [0, 0.05) is 6.04 Å². The molecule has 0 aromatic carbocycles. The first kappa shape index (κ1) is 8.25. The van der Waals surface area contributed by atoms with E-state index in [1.54, 1.807) is 0 Å². The van der Waals surface area contributed by atoms with Crippen LogP contribution in [0.2, 0.25) is 0 Å². The monoisotopic (exact) mass is 181 g/mol. The molecule has 2 bridgehead atoms. The molecule has 0 spiro atoms. The Morgan fingerprint density at radius 1 is 1.15 bits per heavy atom. The molecule has 2 saturated heterocycles. The summed E-state index contributed by atoms with van der Waals surface area (Å²) < 4.78 is 5.81. The quantitative estimate of drug-likeness (QED) is 0.715. The van der Waals surface area contributed by atoms with E-state index in [9.17, 15) is 0 Å². The van der Waals surface area contributed by atoms with E-state index in [1.165, 1.54) is 45.1 Å². The highest BCUT2D eigenvalue weighted by Crippen LogP contribution is 2.35. The summed E-state index contributed by atoms with van der Waals surface area (Å²) in [6.45, 7) is 1.25. The first-order valence-electron chi connectivity index (χ1n) is 5.80. The largest absolute Gasteiger partial charge is 0.373 e. The normalized spacial score (nSPS) is 43.8. The second kappa shape index (κ2) is 3.25. The van der Waals surface area contributed by atoms with Crippen molar-refractivity contribution in [2.45, 2.75) is 56.8 Å². The van der Waals surface area contributed by atoms with Crippen molar-refractivity contribution in [3.05, 3.63) is 0 Å². The number of hydrogen-bond donors (Lipinski definition) is 1. The fourth-order valence-electron chi connectivity index (χ4n) is 2.87. The predicted molar refractivity (Wildman–Crippen MR) is 51.6 cm³/mol. The van der Waals surface area contributed by atoms with Crippen molar-refractivity contribution < 1.29 is 4.74 Å². The van der Waals surface area contributed by atoms with Gasteiger partial charge in [0.1, 0.15) is 0 Å². The van der Waals surface area contributed by atoms with E-state index >= 15 is 0 Å². The van der Waals surface area contributed by atoms with Crippen LogP contribution in [-0.2, 0) is 4.74 Å². The zero-order chi connectivity index (χ0) is 8.67. The highest BCUT2D eigenvalue weighted by Gasteiger charge is 2.40. The van der Waals surface area contributed by atoms with Gasteiger partial charge in [-0.2, -0.15) is 0 Å². The van der Waals surface area contributed by atoms with E-state index in [4.69, 9.17) is 4.74 Å². The minimum Gasteiger partial charge on any atom is -0.373 e. The number of fused-ring (bicyclic) bond motifs is 2. The van der Waals surface area contributed by atoms with Crippen LogP contribution in [0.3, 0.4) is 0 Å². The van der Waals surface area contributed by atoms with Crippen molar-refractivity contribution in [3.8, 4) is 0 Å². The van der Waals surface area contributed by atoms with Crippen molar-refractivity contribution in [1.29, 1.82) is 0 Å². The van der Waals surface area contributed by atoms with Gasteiger partial charge in [-0.1, -0.05) is 6.42 Å². The summed E-state index contributed by atoms with van der Waals surface area (Å²) in [6, 6.07) is 0.694. The van der Waals surface area contributed by atoms with E-state index in [1.807, 2.05) is 0 Å². The summed E-state index contributed by atoms with van der Waals surface area (Å²) in [6.07, 6.45) is 9.41. The summed E-state index contributed by atoms with van der Waals surface area (Å²) in [5, 5.41) is 3.69. The molecule has 0 radical (unpaired) electrons. The SMILES string of the molecule is C1CC(CNC2CC3CCC2O3)C1. The fraction of sp³-hybridized carbons (Fsp3) is 1.00. The molecule has 0 aromatic rings. The molecule has 2 aliphatic heterocycles. The average molecular weight is 181 g/mol. The molecule has 2 heterocycles. The van der Waals surface area contributed by atoms with E-state index in [0.29, 0.717) is 18.2 Å². The maximum atomic E-state index is 5.81. The van der Waals surface area contributed by atoms with E-state index in [0.717, 1.165) is 5.92 Å². The molecular weight excluding hydrogens is 162 g/mol. The van der Waals surface area contributed by atoms with Crippen LogP contribution in [0, 0.1) is 5.92 Å². The summed E-state index contributed by atoms with van der Waals surface area (Å²) >= 11 is 0. The standard InChI is InChI=1S/C11H19NO/c1-2-8(3-1)7-12-10-6-9-4-5-11(10)13-9/h8-12H,1-7H2. The lowest BCUT2D eigenvalue weighted by molar-refractivity contribution is 0.0962. The Balaban J connectivity index is 1.45. The average Bonchev–Trinajstić information content (AvgIpc) is 2.61. The molecule has 74 valence electrons. The van der Waals surface area contributed by atoms with Crippen LogP contribution in [0.4, 0.5) is 0 Å². The van der Waals surface area contributed by atoms with Crippen LogP contribution < -0.4 is 5.32 Å². The van der Waals surface area contributed by atoms with E-state index < -0.39 is 0 Å². The first-order chi connectivity index (χ1) is 6.42. The molecular formula is C11H19NO. The van der Waals surface area contributed by atoms with Crippen LogP contribution in [0.15, 0.2) is 0 Å². The van der Waals surface area contributed by atoms with Gasteiger partial charge in [0.05, 0.1) is 12.2 Å². The summed E-state index contributed by atoms with van der Waals surface area (Å²) in [5.41, 5.74) is 0. The Morgan fingerprint density at radius 2 is 2.08 bits per heavy atom. The maximum Gasteiger partial charge on any atom is 0.0733 e. The molecule has 3 unspecified atom stereocenters. The lowest BCUT2D eigenvalue weighted by atomic mass is 9.85. The Morgan fingerprint density at radius 3 is 2.62 bits per heavy atom. The van der Waals surface area contributed by atoms with Crippen molar-refractivity contribution in [2.75, 3.05) is 6.54 Å². The molecule has 3 aliphatic rings. The number of nitrogens with one attached hydrogen (secondary N) is 1. The van der Waals surface area contributed by atoms with Gasteiger partial charge in [-0.25, -0.2) is 0 Å². The van der Waals surface area contributed by atoms with Gasteiger partial charge in [-0.3, -0.25) is 0 Å². The van der Waals surface area contributed by atoms with Crippen LogP contribution in [0.5, 0.6) is 0 Å². The summed E-state index contributed by atoms with van der Waals surface area (Å²) in [5.74, 6) is 0.985. The molecule has 1 saturated carbocycles. The van der Waals surface area contributed by atoms with Gasteiger partial charge >= 0.3 is 0 Å². The minimum absolute atomic E-state index is 0.560. The summed E-state index contributed by atoms with van der Waals surface area (Å²) in [7, 11) is 0. The minimum atomic E-state index is 0.560. The van der Waals surface area contributed by atoms with Gasteiger partial charge in [-0.05, 0) is 44.6 Å². The fourth-order valence-corrected chi connectivity index (χ4v) is 2.87. The Labute approximate surface area is 80.0 Å². The Bertz CT molecular complexity index is 191. The molecule has 3 fully saturated rings. The van der Waals surface area contributed by atoms with Crippen molar-refractivity contribution in [2.24, 2.45) is 5.92 Å². The number of hydrogen-bond acceptors (Lipinski definition) is 2. The molecule has 0 amide bonds. The van der Waals surface area contributed by atoms with Crippen LogP contribution >= 0.6 is 0 Å². The first-order valence-corrected chi connectivity index (χ1v) is 5.80. The lowest BCUT2D eigenvalue weighted by Crippen LogP contribution is -2.41. The highest BCUT2D eigenvalue weighted by molar-refractivity contribution is 4.94. The number of rotatable bonds is 3. The Kier molecular flexibility index (Phi) is 2.06. The second-order valence-electron chi connectivity index (χ2n) is 4.92. The van der Waals surface area contributed by atoms with E-state index in [-0.39, 0.29) is 0 Å². The van der Waals surface area contributed by atoms with Crippen LogP contribution in [0.1, 0.15) is 38.5 Å². The third kappa shape index (κ3) is 1.50. The van der Waals surface area contributed by atoms with E-state index in [2.05, 4.69) is 5.32 Å². The molecule has 3 rings (SSSR count). The third-order valence-corrected chi connectivity index (χ3v) is 4.00. The third-order valence-electron chi connectivity index (χ3n) is 4.00. The number of ether oxygens (including phenoxy) is 1. The van der Waals surface area contributed by atoms with Crippen LogP contribution in [0.25, 0.3) is 0 Å². The molecule has 2 heteroatoms. The van der Waals surface area contributed by atoms with Crippen LogP contribution in [-0.4, -0.2) is 24.8 Å². The van der Waals surface area contributed by atoms with Gasteiger partial charge in [-0.15, -0.1) is 0 Å². The molecule has 1 aliphatic carbocycles. The second-order valence-corrected chi connectivity index (χ2v) is 4.92. The molecule has 13 heavy (non-hydrogen) atoms. The Hall–Kier alpha value is -0.0800. The zero-order valence-corrected chi connectivity index (χ0v) is 8.17. The molecule has 1 N–H and O–H groups in total. The van der Waals surface area contributed by atoms with Crippen molar-refractivity contribution >= 4 is 0 Å². The lowest BCUT2D eigenvalue weighted by Gasteiger charge is -2.29. The molecule has 2 nitrogen and oxygen atoms in total. The smallest absolute Gasteiger partial charge is 0.0733 e. The van der Waals surface area contributed by atoms with Gasteiger partial charge in [0.25, 0.3) is 0 Å². The highest BCUT2D eigenvalue weighted by atomic mass is 16.5. The van der Waals surface area contributed by atoms with Crippen molar-refractivity contribution in [3.63, 3.8) is 0 Å². The molecule has 3 atom stereocenters. The predicted octanol–water partition coefficient (Wildman–Crippen LogP) is 1.70. The summed E-state index contributed by atoms with van der Waals surface area (Å²) in [4.78, 5) is 0. The van der Waals surface area contributed by atoms with Gasteiger partial charge in [0.15, 0.2) is 0 Å². The van der Waals surface area contributed by atoms with Gasteiger partial charge < -0.3 is 10.1 Å². The maximum absolute atomic E-state index is 5.81. The zero-order valence-electron chi connectivity index (χ0n) is 8.17. The topological polar surface area (TPSA) is 21.3 Å². The molecule has 0 aromatic heterocycles. The van der Waals surface area contributed by atoms with Gasteiger partial charge in [0.2, 0.25) is 0 Å². The van der Waals surface area contributed by atoms with Crippen molar-refractivity contribution in [1.82, 2.24) is 5.32 Å².